The van der Waals surface area contributed by atoms with E-state index in [2.05, 4.69) is 29.0 Å². The fourth-order valence-electron chi connectivity index (χ4n) is 3.21. The van der Waals surface area contributed by atoms with Gasteiger partial charge in [-0.15, -0.1) is 0 Å². The second kappa shape index (κ2) is 6.54. The third kappa shape index (κ3) is 3.07. The van der Waals surface area contributed by atoms with Gasteiger partial charge in [0.2, 0.25) is 0 Å². The number of imidazole rings is 1. The molecule has 4 rings (SSSR count). The number of aromatic amines is 1. The van der Waals surface area contributed by atoms with Crippen LogP contribution in [0.2, 0.25) is 0 Å². The highest BCUT2D eigenvalue weighted by Crippen LogP contribution is 2.27. The summed E-state index contributed by atoms with van der Waals surface area (Å²) in [6, 6.07) is 11.6. The zero-order valence-corrected chi connectivity index (χ0v) is 15.9. The van der Waals surface area contributed by atoms with Gasteiger partial charge in [-0.05, 0) is 56.7 Å². The first-order chi connectivity index (χ1) is 13.0. The lowest BCUT2D eigenvalue weighted by Gasteiger charge is -2.07. The average Bonchev–Trinajstić information content (AvgIpc) is 3.21. The van der Waals surface area contributed by atoms with Crippen LogP contribution in [0.3, 0.4) is 0 Å². The van der Waals surface area contributed by atoms with Gasteiger partial charge in [0.25, 0.3) is 0 Å². The fraction of sp³-hybridized carbons (Fsp3) is 0.286. The number of H-pyrrole nitrogens is 1. The molecule has 1 aromatic carbocycles. The van der Waals surface area contributed by atoms with E-state index in [0.717, 1.165) is 45.7 Å². The smallest absolute Gasteiger partial charge is 0.338 e. The highest BCUT2D eigenvalue weighted by Gasteiger charge is 2.16. The summed E-state index contributed by atoms with van der Waals surface area (Å²) in [5, 5.41) is 1.05. The number of carbonyl (C=O) groups excluding carboxylic acids is 1. The lowest BCUT2D eigenvalue weighted by atomic mass is 10.2. The number of hydrogen-bond acceptors (Lipinski definition) is 4. The molecule has 6 nitrogen and oxygen atoms in total. The van der Waals surface area contributed by atoms with Crippen LogP contribution in [0.5, 0.6) is 0 Å². The minimum Gasteiger partial charge on any atom is -0.459 e. The molecule has 0 spiro atoms. The Morgan fingerprint density at radius 1 is 1.19 bits per heavy atom. The molecule has 3 aromatic heterocycles. The van der Waals surface area contributed by atoms with E-state index in [9.17, 15) is 4.79 Å². The second-order valence-corrected chi connectivity index (χ2v) is 6.93. The number of pyridine rings is 1. The maximum atomic E-state index is 12.2. The molecule has 6 heteroatoms. The topological polar surface area (TPSA) is 72.8 Å². The molecule has 0 aliphatic heterocycles. The van der Waals surface area contributed by atoms with Crippen LogP contribution in [0, 0.1) is 0 Å². The van der Waals surface area contributed by atoms with E-state index in [1.807, 2.05) is 37.6 Å². The molecule has 0 aliphatic rings. The van der Waals surface area contributed by atoms with Crippen molar-refractivity contribution >= 4 is 28.0 Å². The van der Waals surface area contributed by atoms with Gasteiger partial charge in [0.1, 0.15) is 5.65 Å². The second-order valence-electron chi connectivity index (χ2n) is 6.93. The van der Waals surface area contributed by atoms with Crippen molar-refractivity contribution in [2.24, 2.45) is 7.05 Å². The monoisotopic (exact) mass is 362 g/mol. The zero-order chi connectivity index (χ0) is 19.1. The standard InChI is InChI=1S/C21H22N4O2/c1-5-15-8-6-13-10-17(23-19(13)22-15)20-24-16-11-14(21(26)27-12(2)3)7-9-18(16)25(20)4/h6-12H,5H2,1-4H3,(H,22,23). The number of nitrogens with zero attached hydrogens (tertiary/aromatic N) is 3. The van der Waals surface area contributed by atoms with Gasteiger partial charge in [-0.25, -0.2) is 14.8 Å². The summed E-state index contributed by atoms with van der Waals surface area (Å²) in [6.07, 6.45) is 0.741. The molecule has 0 unspecified atom stereocenters. The lowest BCUT2D eigenvalue weighted by Crippen LogP contribution is -2.11. The summed E-state index contributed by atoms with van der Waals surface area (Å²) in [7, 11) is 1.97. The van der Waals surface area contributed by atoms with Crippen molar-refractivity contribution in [2.45, 2.75) is 33.3 Å². The molecular formula is C21H22N4O2. The van der Waals surface area contributed by atoms with Gasteiger partial charge >= 0.3 is 5.97 Å². The third-order valence-electron chi connectivity index (χ3n) is 4.60. The van der Waals surface area contributed by atoms with E-state index >= 15 is 0 Å². The predicted molar refractivity (Wildman–Crippen MR) is 106 cm³/mol. The maximum absolute atomic E-state index is 12.2. The van der Waals surface area contributed by atoms with Crippen molar-refractivity contribution < 1.29 is 9.53 Å². The van der Waals surface area contributed by atoms with Gasteiger partial charge in [0.15, 0.2) is 5.82 Å². The zero-order valence-electron chi connectivity index (χ0n) is 15.9. The minimum atomic E-state index is -0.332. The predicted octanol–water partition coefficient (Wildman–Crippen LogP) is 4.24. The van der Waals surface area contributed by atoms with E-state index < -0.39 is 0 Å². The Balaban J connectivity index is 1.78. The molecule has 0 radical (unpaired) electrons. The van der Waals surface area contributed by atoms with Gasteiger partial charge in [-0.1, -0.05) is 6.92 Å². The molecule has 138 valence electrons. The van der Waals surface area contributed by atoms with Gasteiger partial charge in [0, 0.05) is 18.1 Å². The number of esters is 1. The summed E-state index contributed by atoms with van der Waals surface area (Å²) in [5.41, 5.74) is 5.02. The number of benzene rings is 1. The van der Waals surface area contributed by atoms with E-state index in [-0.39, 0.29) is 12.1 Å². The number of carbonyl (C=O) groups is 1. The van der Waals surface area contributed by atoms with Crippen molar-refractivity contribution in [3.05, 3.63) is 47.7 Å². The molecule has 0 atom stereocenters. The summed E-state index contributed by atoms with van der Waals surface area (Å²) in [5.74, 6) is 0.469. The molecule has 1 N–H and O–H groups in total. The average molecular weight is 362 g/mol. The fourth-order valence-corrected chi connectivity index (χ4v) is 3.21. The Morgan fingerprint density at radius 3 is 2.74 bits per heavy atom. The van der Waals surface area contributed by atoms with Gasteiger partial charge in [-0.2, -0.15) is 0 Å². The molecule has 0 bridgehead atoms. The van der Waals surface area contributed by atoms with Crippen molar-refractivity contribution in [3.63, 3.8) is 0 Å². The Kier molecular flexibility index (Phi) is 4.18. The summed E-state index contributed by atoms with van der Waals surface area (Å²) in [6.45, 7) is 5.76. The van der Waals surface area contributed by atoms with Crippen molar-refractivity contribution in [1.82, 2.24) is 19.5 Å². The summed E-state index contributed by atoms with van der Waals surface area (Å²) >= 11 is 0. The maximum Gasteiger partial charge on any atom is 0.338 e. The number of rotatable bonds is 4. The van der Waals surface area contributed by atoms with Gasteiger partial charge in [0.05, 0.1) is 28.4 Å². The summed E-state index contributed by atoms with van der Waals surface area (Å²) < 4.78 is 7.29. The largest absolute Gasteiger partial charge is 0.459 e. The molecule has 0 aliphatic carbocycles. The van der Waals surface area contributed by atoms with Gasteiger partial charge in [-0.3, -0.25) is 0 Å². The first-order valence-electron chi connectivity index (χ1n) is 9.12. The Labute approximate surface area is 157 Å². The molecule has 27 heavy (non-hydrogen) atoms. The molecule has 0 saturated heterocycles. The van der Waals surface area contributed by atoms with Gasteiger partial charge < -0.3 is 14.3 Å². The summed E-state index contributed by atoms with van der Waals surface area (Å²) in [4.78, 5) is 24.9. The van der Waals surface area contributed by atoms with Crippen LogP contribution in [0.15, 0.2) is 36.4 Å². The Bertz CT molecular complexity index is 1150. The molecule has 3 heterocycles. The first kappa shape index (κ1) is 17.3. The SMILES string of the molecule is CCc1ccc2cc(-c3nc4cc(C(=O)OC(C)C)ccc4n3C)[nH]c2n1. The lowest BCUT2D eigenvalue weighted by molar-refractivity contribution is 0.0378. The third-order valence-corrected chi connectivity index (χ3v) is 4.60. The molecule has 4 aromatic rings. The quantitative estimate of drug-likeness (QED) is 0.551. The van der Waals surface area contributed by atoms with E-state index in [1.165, 1.54) is 0 Å². The Hall–Kier alpha value is -3.15. The molecule has 0 amide bonds. The highest BCUT2D eigenvalue weighted by atomic mass is 16.5. The van der Waals surface area contributed by atoms with Crippen molar-refractivity contribution in [3.8, 4) is 11.5 Å². The minimum absolute atomic E-state index is 0.153. The van der Waals surface area contributed by atoms with Crippen molar-refractivity contribution in [1.29, 1.82) is 0 Å². The number of hydrogen-bond donors (Lipinski definition) is 1. The van der Waals surface area contributed by atoms with E-state index in [1.54, 1.807) is 12.1 Å². The van der Waals surface area contributed by atoms with Crippen LogP contribution in [-0.2, 0) is 18.2 Å². The normalized spacial score (nSPS) is 11.6. The number of fused-ring (bicyclic) bond motifs is 2. The van der Waals surface area contributed by atoms with Crippen LogP contribution >= 0.6 is 0 Å². The Morgan fingerprint density at radius 2 is 2.00 bits per heavy atom. The highest BCUT2D eigenvalue weighted by molar-refractivity contribution is 5.94. The van der Waals surface area contributed by atoms with Crippen LogP contribution in [0.1, 0.15) is 36.8 Å². The van der Waals surface area contributed by atoms with E-state index in [4.69, 9.17) is 9.72 Å². The van der Waals surface area contributed by atoms with Crippen LogP contribution < -0.4 is 0 Å². The molecular weight excluding hydrogens is 340 g/mol. The molecule has 0 fully saturated rings. The van der Waals surface area contributed by atoms with E-state index in [0.29, 0.717) is 5.56 Å². The number of aryl methyl sites for hydroxylation is 2. The number of nitrogens with one attached hydrogen (secondary N) is 1. The first-order valence-corrected chi connectivity index (χ1v) is 9.12. The van der Waals surface area contributed by atoms with Crippen molar-refractivity contribution in [2.75, 3.05) is 0 Å². The van der Waals surface area contributed by atoms with Crippen LogP contribution in [0.25, 0.3) is 33.6 Å². The number of ether oxygens (including phenoxy) is 1. The van der Waals surface area contributed by atoms with Crippen LogP contribution in [-0.4, -0.2) is 31.6 Å². The number of aromatic nitrogens is 4. The van der Waals surface area contributed by atoms with Crippen LogP contribution in [0.4, 0.5) is 0 Å². The molecule has 0 saturated carbocycles.